The van der Waals surface area contributed by atoms with Gasteiger partial charge in [-0.25, -0.2) is 0 Å². The molecule has 1 aliphatic heterocycles. The molecule has 1 N–H and O–H groups in total. The summed E-state index contributed by atoms with van der Waals surface area (Å²) in [6.45, 7) is 4.81. The third kappa shape index (κ3) is 5.76. The lowest BCUT2D eigenvalue weighted by Gasteiger charge is -2.34. The number of nitrogens with one attached hydrogen (secondary N) is 1. The van der Waals surface area contributed by atoms with Gasteiger partial charge in [0.05, 0.1) is 5.25 Å². The summed E-state index contributed by atoms with van der Waals surface area (Å²) in [5.41, 5.74) is 0. The van der Waals surface area contributed by atoms with Crippen LogP contribution in [-0.2, 0) is 4.79 Å². The van der Waals surface area contributed by atoms with Gasteiger partial charge in [0.15, 0.2) is 0 Å². The van der Waals surface area contributed by atoms with Crippen LogP contribution in [0.1, 0.15) is 19.8 Å². The van der Waals surface area contributed by atoms with E-state index in [1.807, 2.05) is 31.0 Å². The van der Waals surface area contributed by atoms with Crippen LogP contribution in [0.5, 0.6) is 0 Å². The van der Waals surface area contributed by atoms with Crippen molar-refractivity contribution in [1.82, 2.24) is 10.2 Å². The standard InChI is InChI=1S/C16H23BrN2OS.ClH/c1-12(21-15-7-5-14(17)6-8-15)16(20)19-9-3-4-13(11-19)10-18-2;/h5-8,12-13,18H,3-4,9-11H2,1-2H3;1H. The number of hydrogen-bond donors (Lipinski definition) is 1. The largest absolute Gasteiger partial charge is 0.341 e. The fourth-order valence-corrected chi connectivity index (χ4v) is 3.96. The van der Waals surface area contributed by atoms with Crippen LogP contribution in [0.3, 0.4) is 0 Å². The second-order valence-electron chi connectivity index (χ2n) is 5.56. The number of carbonyl (C=O) groups is 1. The molecule has 3 nitrogen and oxygen atoms in total. The molecule has 0 saturated carbocycles. The molecule has 6 heteroatoms. The topological polar surface area (TPSA) is 32.3 Å². The SMILES string of the molecule is CNCC1CCCN(C(=O)C(C)Sc2ccc(Br)cc2)C1.Cl. The lowest BCUT2D eigenvalue weighted by atomic mass is 9.98. The minimum atomic E-state index is -0.0282. The second kappa shape index (κ2) is 9.81. The molecule has 1 amide bonds. The summed E-state index contributed by atoms with van der Waals surface area (Å²) < 4.78 is 1.07. The third-order valence-corrected chi connectivity index (χ3v) is 5.43. The van der Waals surface area contributed by atoms with Crippen molar-refractivity contribution >= 4 is 46.0 Å². The molecular formula is C16H24BrClN2OS. The average molecular weight is 408 g/mol. The molecule has 1 heterocycles. The second-order valence-corrected chi connectivity index (χ2v) is 7.89. The molecule has 1 fully saturated rings. The summed E-state index contributed by atoms with van der Waals surface area (Å²) in [4.78, 5) is 15.8. The molecule has 0 bridgehead atoms. The van der Waals surface area contributed by atoms with Gasteiger partial charge < -0.3 is 10.2 Å². The van der Waals surface area contributed by atoms with Crippen LogP contribution in [0.2, 0.25) is 0 Å². The van der Waals surface area contributed by atoms with E-state index in [2.05, 4.69) is 33.4 Å². The number of hydrogen-bond acceptors (Lipinski definition) is 3. The Morgan fingerprint density at radius 1 is 1.45 bits per heavy atom. The van der Waals surface area contributed by atoms with Crippen molar-refractivity contribution in [3.63, 3.8) is 0 Å². The molecule has 1 saturated heterocycles. The van der Waals surface area contributed by atoms with Gasteiger partial charge in [-0.3, -0.25) is 4.79 Å². The van der Waals surface area contributed by atoms with Gasteiger partial charge in [-0.2, -0.15) is 0 Å². The number of halogens is 2. The normalized spacial score (nSPS) is 19.4. The Bertz CT molecular complexity index is 470. The maximum atomic E-state index is 12.6. The van der Waals surface area contributed by atoms with Crippen LogP contribution >= 0.6 is 40.1 Å². The molecule has 124 valence electrons. The zero-order valence-corrected chi connectivity index (χ0v) is 16.3. The van der Waals surface area contributed by atoms with E-state index in [1.54, 1.807) is 11.8 Å². The highest BCUT2D eigenvalue weighted by atomic mass is 79.9. The number of benzene rings is 1. The zero-order valence-electron chi connectivity index (χ0n) is 13.0. The van der Waals surface area contributed by atoms with Crippen molar-refractivity contribution in [2.45, 2.75) is 29.9 Å². The monoisotopic (exact) mass is 406 g/mol. The van der Waals surface area contributed by atoms with Crippen LogP contribution in [0.15, 0.2) is 33.6 Å². The summed E-state index contributed by atoms with van der Waals surface area (Å²) in [5, 5.41) is 3.20. The van der Waals surface area contributed by atoms with Gasteiger partial charge in [0.1, 0.15) is 0 Å². The van der Waals surface area contributed by atoms with E-state index >= 15 is 0 Å². The molecule has 2 rings (SSSR count). The fraction of sp³-hybridized carbons (Fsp3) is 0.562. The van der Waals surface area contributed by atoms with E-state index in [4.69, 9.17) is 0 Å². The van der Waals surface area contributed by atoms with Crippen molar-refractivity contribution in [3.05, 3.63) is 28.7 Å². The Labute approximate surface area is 152 Å². The summed E-state index contributed by atoms with van der Waals surface area (Å²) in [7, 11) is 1.98. The van der Waals surface area contributed by atoms with E-state index in [9.17, 15) is 4.79 Å². The Morgan fingerprint density at radius 3 is 2.77 bits per heavy atom. The Hall–Kier alpha value is -0.230. The fourth-order valence-electron chi connectivity index (χ4n) is 2.75. The molecule has 0 spiro atoms. The molecule has 22 heavy (non-hydrogen) atoms. The van der Waals surface area contributed by atoms with E-state index in [0.29, 0.717) is 5.92 Å². The zero-order chi connectivity index (χ0) is 15.2. The van der Waals surface area contributed by atoms with Crippen molar-refractivity contribution in [1.29, 1.82) is 0 Å². The third-order valence-electron chi connectivity index (χ3n) is 3.80. The Morgan fingerprint density at radius 2 is 2.14 bits per heavy atom. The van der Waals surface area contributed by atoms with Crippen LogP contribution in [0.25, 0.3) is 0 Å². The smallest absolute Gasteiger partial charge is 0.235 e. The number of nitrogens with zero attached hydrogens (tertiary/aromatic N) is 1. The first-order valence-electron chi connectivity index (χ1n) is 7.45. The van der Waals surface area contributed by atoms with E-state index in [-0.39, 0.29) is 23.6 Å². The Balaban J connectivity index is 0.00000242. The molecular weight excluding hydrogens is 384 g/mol. The predicted octanol–water partition coefficient (Wildman–Crippen LogP) is 3.81. The molecule has 1 aromatic rings. The van der Waals surface area contributed by atoms with E-state index in [1.165, 1.54) is 6.42 Å². The van der Waals surface area contributed by atoms with Gasteiger partial charge in [0.25, 0.3) is 0 Å². The molecule has 0 aromatic heterocycles. The number of thioether (sulfide) groups is 1. The van der Waals surface area contributed by atoms with Gasteiger partial charge in [-0.1, -0.05) is 15.9 Å². The maximum absolute atomic E-state index is 12.6. The molecule has 0 radical (unpaired) electrons. The first-order valence-corrected chi connectivity index (χ1v) is 9.13. The number of carbonyl (C=O) groups excluding carboxylic acids is 1. The quantitative estimate of drug-likeness (QED) is 0.753. The van der Waals surface area contributed by atoms with Gasteiger partial charge in [-0.15, -0.1) is 24.2 Å². The summed E-state index contributed by atoms with van der Waals surface area (Å²) in [5.74, 6) is 0.862. The summed E-state index contributed by atoms with van der Waals surface area (Å²) >= 11 is 5.08. The van der Waals surface area contributed by atoms with Crippen molar-refractivity contribution in [2.24, 2.45) is 5.92 Å². The first kappa shape index (κ1) is 19.8. The van der Waals surface area contributed by atoms with Gasteiger partial charge in [-0.05, 0) is 63.5 Å². The first-order chi connectivity index (χ1) is 10.1. The van der Waals surface area contributed by atoms with Crippen molar-refractivity contribution < 1.29 is 4.79 Å². The van der Waals surface area contributed by atoms with E-state index < -0.39 is 0 Å². The molecule has 1 aliphatic rings. The number of rotatable bonds is 5. The number of amides is 1. The maximum Gasteiger partial charge on any atom is 0.235 e. The van der Waals surface area contributed by atoms with Gasteiger partial charge >= 0.3 is 0 Å². The molecule has 2 unspecified atom stereocenters. The van der Waals surface area contributed by atoms with Crippen molar-refractivity contribution in [2.75, 3.05) is 26.7 Å². The minimum absolute atomic E-state index is 0. The lowest BCUT2D eigenvalue weighted by Crippen LogP contribution is -2.45. The highest BCUT2D eigenvalue weighted by Gasteiger charge is 2.26. The minimum Gasteiger partial charge on any atom is -0.341 e. The summed E-state index contributed by atoms with van der Waals surface area (Å²) in [6.07, 6.45) is 2.34. The highest BCUT2D eigenvalue weighted by molar-refractivity contribution is 9.10. The summed E-state index contributed by atoms with van der Waals surface area (Å²) in [6, 6.07) is 8.14. The van der Waals surface area contributed by atoms with Crippen LogP contribution in [0, 0.1) is 5.92 Å². The Kier molecular flexibility index (Phi) is 8.83. The van der Waals surface area contributed by atoms with Gasteiger partial charge in [0, 0.05) is 22.5 Å². The predicted molar refractivity (Wildman–Crippen MR) is 99.9 cm³/mol. The molecule has 2 atom stereocenters. The number of piperidine rings is 1. The average Bonchev–Trinajstić information content (AvgIpc) is 2.49. The van der Waals surface area contributed by atoms with E-state index in [0.717, 1.165) is 35.4 Å². The van der Waals surface area contributed by atoms with Crippen LogP contribution < -0.4 is 5.32 Å². The number of likely N-dealkylation sites (tertiary alicyclic amines) is 1. The highest BCUT2D eigenvalue weighted by Crippen LogP contribution is 2.27. The lowest BCUT2D eigenvalue weighted by molar-refractivity contribution is -0.132. The van der Waals surface area contributed by atoms with Crippen LogP contribution in [-0.4, -0.2) is 42.7 Å². The molecule has 0 aliphatic carbocycles. The molecule has 1 aromatic carbocycles. The van der Waals surface area contributed by atoms with Crippen molar-refractivity contribution in [3.8, 4) is 0 Å². The van der Waals surface area contributed by atoms with Crippen LogP contribution in [0.4, 0.5) is 0 Å². The van der Waals surface area contributed by atoms with Gasteiger partial charge in [0.2, 0.25) is 5.91 Å².